The summed E-state index contributed by atoms with van der Waals surface area (Å²) >= 11 is 0. The van der Waals surface area contributed by atoms with Gasteiger partial charge < -0.3 is 21.1 Å². The Bertz CT molecular complexity index is 1290. The zero-order valence-corrected chi connectivity index (χ0v) is 20.7. The number of hydrogen-bond acceptors (Lipinski definition) is 8. The Morgan fingerprint density at radius 2 is 1.83 bits per heavy atom. The van der Waals surface area contributed by atoms with Crippen LogP contribution in [0.3, 0.4) is 0 Å². The molecule has 2 aliphatic rings. The van der Waals surface area contributed by atoms with E-state index in [1.807, 2.05) is 6.07 Å². The van der Waals surface area contributed by atoms with E-state index in [4.69, 9.17) is 10.5 Å². The van der Waals surface area contributed by atoms with E-state index < -0.39 is 15.9 Å². The number of nitrogens with two attached hydrogens (primary N) is 1. The number of fused-ring (bicyclic) bond motifs is 11. The molecule has 0 radical (unpaired) electrons. The van der Waals surface area contributed by atoms with Gasteiger partial charge in [0.25, 0.3) is 5.91 Å². The minimum Gasteiger partial charge on any atom is -0.491 e. The van der Waals surface area contributed by atoms with Crippen LogP contribution in [-0.2, 0) is 10.0 Å². The first-order valence-electron chi connectivity index (χ1n) is 10.8. The van der Waals surface area contributed by atoms with Crippen LogP contribution < -0.4 is 21.1 Å². The molecule has 0 saturated heterocycles. The lowest BCUT2D eigenvalue weighted by molar-refractivity contribution is 0.102. The highest BCUT2D eigenvalue weighted by atomic mass is 35.5. The van der Waals surface area contributed by atoms with Crippen LogP contribution in [0, 0.1) is 0 Å². The maximum absolute atomic E-state index is 13.0. The summed E-state index contributed by atoms with van der Waals surface area (Å²) in [5.41, 5.74) is 7.38. The van der Waals surface area contributed by atoms with E-state index >= 15 is 0 Å². The number of carbonyl (C=O) groups is 1. The number of benzene rings is 2. The fourth-order valence-electron chi connectivity index (χ4n) is 3.42. The number of nitrogen functional groups attached to an aromatic ring is 1. The molecule has 1 amide bonds. The van der Waals surface area contributed by atoms with Crippen molar-refractivity contribution in [3.05, 3.63) is 60.4 Å². The number of nitrogens with one attached hydrogen (secondary N) is 2. The number of carbonyl (C=O) groups excluding carboxylic acids is 1. The van der Waals surface area contributed by atoms with Gasteiger partial charge in [-0.3, -0.25) is 4.79 Å². The van der Waals surface area contributed by atoms with Crippen LogP contribution in [0.15, 0.2) is 59.6 Å². The lowest BCUT2D eigenvalue weighted by Gasteiger charge is -2.18. The highest BCUT2D eigenvalue weighted by Gasteiger charge is 2.21. The SMILES string of the molecule is CN1CCNCCCOc2ccccc2NC(=O)c2nc(cnc2N)-c2ccc(cc2)S1(=O)=O.Cl. The van der Waals surface area contributed by atoms with E-state index in [-0.39, 0.29) is 28.8 Å². The van der Waals surface area contributed by atoms with E-state index in [2.05, 4.69) is 20.6 Å². The molecule has 186 valence electrons. The smallest absolute Gasteiger partial charge is 0.278 e. The number of hydrogen-bond donors (Lipinski definition) is 3. The predicted molar refractivity (Wildman–Crippen MR) is 136 cm³/mol. The Hall–Kier alpha value is -3.25. The standard InChI is InChI=1S/C23H26N6O4S.ClH/c1-29-13-12-25-11-4-14-33-20-6-3-2-5-18(20)28-23(30)21-22(24)26-15-19(27-21)16-7-9-17(10-8-16)34(29,31)32;/h2-3,5-10,15,25H,4,11-14H2,1H3,(H2,24,26)(H,28,30);1H. The molecule has 2 aromatic carbocycles. The third-order valence-corrected chi connectivity index (χ3v) is 7.24. The van der Waals surface area contributed by atoms with Crippen LogP contribution in [0.5, 0.6) is 5.75 Å². The Morgan fingerprint density at radius 1 is 1.09 bits per heavy atom. The molecular weight excluding hydrogens is 492 g/mol. The molecule has 1 aromatic heterocycles. The van der Waals surface area contributed by atoms with Crippen molar-refractivity contribution in [2.75, 3.05) is 44.3 Å². The summed E-state index contributed by atoms with van der Waals surface area (Å²) in [5, 5.41) is 6.02. The molecule has 0 fully saturated rings. The summed E-state index contributed by atoms with van der Waals surface area (Å²) in [6.45, 7) is 1.89. The van der Waals surface area contributed by atoms with Crippen molar-refractivity contribution in [2.24, 2.45) is 0 Å². The van der Waals surface area contributed by atoms with Crippen molar-refractivity contribution in [2.45, 2.75) is 11.3 Å². The number of halogens is 1. The number of sulfonamides is 1. The largest absolute Gasteiger partial charge is 0.491 e. The van der Waals surface area contributed by atoms with Crippen LogP contribution in [-0.4, -0.2) is 61.9 Å². The van der Waals surface area contributed by atoms with Gasteiger partial charge in [-0.1, -0.05) is 24.3 Å². The Labute approximate surface area is 210 Å². The highest BCUT2D eigenvalue weighted by Crippen LogP contribution is 2.26. The number of aromatic nitrogens is 2. The van der Waals surface area contributed by atoms with Gasteiger partial charge in [0.05, 0.1) is 29.1 Å². The molecule has 0 spiro atoms. The number of anilines is 2. The van der Waals surface area contributed by atoms with Crippen LogP contribution in [0.4, 0.5) is 11.5 Å². The molecule has 12 heteroatoms. The lowest BCUT2D eigenvalue weighted by Crippen LogP contribution is -2.34. The first-order chi connectivity index (χ1) is 16.4. The summed E-state index contributed by atoms with van der Waals surface area (Å²) in [6, 6.07) is 13.4. The zero-order valence-electron chi connectivity index (χ0n) is 19.1. The summed E-state index contributed by atoms with van der Waals surface area (Å²) < 4.78 is 32.9. The molecule has 5 rings (SSSR count). The first kappa shape index (κ1) is 26.4. The van der Waals surface area contributed by atoms with Gasteiger partial charge in [-0.2, -0.15) is 4.31 Å². The lowest BCUT2D eigenvalue weighted by atomic mass is 10.1. The van der Waals surface area contributed by atoms with Crippen molar-refractivity contribution in [1.82, 2.24) is 19.6 Å². The number of likely N-dealkylation sites (N-methyl/N-ethyl adjacent to an activating group) is 1. The highest BCUT2D eigenvalue weighted by molar-refractivity contribution is 7.89. The normalized spacial score (nSPS) is 16.8. The van der Waals surface area contributed by atoms with Gasteiger partial charge in [0.2, 0.25) is 10.0 Å². The second kappa shape index (κ2) is 11.5. The summed E-state index contributed by atoms with van der Waals surface area (Å²) in [5.74, 6) is -0.0252. The number of amides is 1. The molecule has 2 aliphatic heterocycles. The minimum absolute atomic E-state index is 0. The quantitative estimate of drug-likeness (QED) is 0.412. The van der Waals surface area contributed by atoms with Crippen LogP contribution in [0.2, 0.25) is 0 Å². The fraction of sp³-hybridized carbons (Fsp3) is 0.261. The number of nitrogens with zero attached hydrogens (tertiary/aromatic N) is 3. The second-order valence-electron chi connectivity index (χ2n) is 7.74. The zero-order chi connectivity index (χ0) is 24.1. The fourth-order valence-corrected chi connectivity index (χ4v) is 4.59. The molecule has 3 heterocycles. The van der Waals surface area contributed by atoms with Gasteiger partial charge in [-0.25, -0.2) is 18.4 Å². The van der Waals surface area contributed by atoms with Crippen LogP contribution in [0.1, 0.15) is 16.9 Å². The van der Waals surface area contributed by atoms with Crippen molar-refractivity contribution in [1.29, 1.82) is 0 Å². The Balaban J connectivity index is 0.00000342. The first-order valence-corrected chi connectivity index (χ1v) is 12.2. The molecule has 4 bridgehead atoms. The number of rotatable bonds is 0. The van der Waals surface area contributed by atoms with Gasteiger partial charge in [0.15, 0.2) is 11.5 Å². The average molecular weight is 519 g/mol. The van der Waals surface area contributed by atoms with Crippen LogP contribution in [0.25, 0.3) is 11.3 Å². The molecule has 10 nitrogen and oxygen atoms in total. The Morgan fingerprint density at radius 3 is 2.60 bits per heavy atom. The third kappa shape index (κ3) is 6.06. The average Bonchev–Trinajstić information content (AvgIpc) is 2.84. The molecule has 35 heavy (non-hydrogen) atoms. The molecule has 0 saturated carbocycles. The van der Waals surface area contributed by atoms with E-state index in [0.717, 1.165) is 0 Å². The van der Waals surface area contributed by atoms with Gasteiger partial charge in [-0.05, 0) is 37.2 Å². The molecule has 0 unspecified atom stereocenters. The molecule has 3 aromatic rings. The van der Waals surface area contributed by atoms with Gasteiger partial charge in [-0.15, -0.1) is 12.4 Å². The summed E-state index contributed by atoms with van der Waals surface area (Å²) in [7, 11) is -2.09. The minimum atomic E-state index is -3.64. The third-order valence-electron chi connectivity index (χ3n) is 5.37. The van der Waals surface area contributed by atoms with Crippen molar-refractivity contribution < 1.29 is 17.9 Å². The van der Waals surface area contributed by atoms with E-state index in [1.54, 1.807) is 37.4 Å². The van der Waals surface area contributed by atoms with Crippen molar-refractivity contribution >= 4 is 39.8 Å². The monoisotopic (exact) mass is 518 g/mol. The number of para-hydroxylation sites is 2. The van der Waals surface area contributed by atoms with Gasteiger partial charge in [0, 0.05) is 25.7 Å². The van der Waals surface area contributed by atoms with E-state index in [9.17, 15) is 13.2 Å². The topological polar surface area (TPSA) is 140 Å². The molecule has 0 atom stereocenters. The van der Waals surface area contributed by atoms with Gasteiger partial charge >= 0.3 is 0 Å². The Kier molecular flexibility index (Phi) is 8.62. The van der Waals surface area contributed by atoms with E-state index in [0.29, 0.717) is 55.4 Å². The van der Waals surface area contributed by atoms with Crippen molar-refractivity contribution in [3.8, 4) is 17.0 Å². The van der Waals surface area contributed by atoms with Crippen LogP contribution >= 0.6 is 12.4 Å². The van der Waals surface area contributed by atoms with Crippen molar-refractivity contribution in [3.63, 3.8) is 0 Å². The second-order valence-corrected chi connectivity index (χ2v) is 9.79. The molecular formula is C23H27ClN6O4S. The van der Waals surface area contributed by atoms with E-state index in [1.165, 1.54) is 22.6 Å². The maximum Gasteiger partial charge on any atom is 0.278 e. The van der Waals surface area contributed by atoms with Gasteiger partial charge in [0.1, 0.15) is 5.75 Å². The summed E-state index contributed by atoms with van der Waals surface area (Å²) in [6.07, 6.45) is 2.14. The molecule has 4 N–H and O–H groups in total. The predicted octanol–water partition coefficient (Wildman–Crippen LogP) is 2.39. The number of ether oxygens (including phenoxy) is 1. The summed E-state index contributed by atoms with van der Waals surface area (Å²) in [4.78, 5) is 21.6. The maximum atomic E-state index is 13.0. The molecule has 0 aliphatic carbocycles.